The third-order valence-corrected chi connectivity index (χ3v) is 6.82. The fourth-order valence-electron chi connectivity index (χ4n) is 5.09. The van der Waals surface area contributed by atoms with Crippen LogP contribution in [0.5, 0.6) is 11.5 Å². The molecule has 0 atom stereocenters. The van der Waals surface area contributed by atoms with E-state index in [0.717, 1.165) is 50.8 Å². The normalized spacial score (nSPS) is 13.3. The van der Waals surface area contributed by atoms with Gasteiger partial charge in [0.1, 0.15) is 0 Å². The molecule has 5 aromatic carbocycles. The predicted molar refractivity (Wildman–Crippen MR) is 141 cm³/mol. The summed E-state index contributed by atoms with van der Waals surface area (Å²) in [6.07, 6.45) is 0. The van der Waals surface area contributed by atoms with Crippen LogP contribution in [0.3, 0.4) is 0 Å². The number of fused-ring (bicyclic) bond motifs is 5. The second kappa shape index (κ2) is 7.79. The van der Waals surface area contributed by atoms with Gasteiger partial charge in [0, 0.05) is 16.8 Å². The number of hydrogen-bond acceptors (Lipinski definition) is 4. The monoisotopic (exact) mass is 465 g/mol. The lowest BCUT2D eigenvalue weighted by Crippen LogP contribution is -2.21. The van der Waals surface area contributed by atoms with Crippen molar-refractivity contribution in [1.82, 2.24) is 0 Å². The third-order valence-electron chi connectivity index (χ3n) is 6.82. The molecule has 0 N–H and O–H groups in total. The molecule has 170 valence electrons. The summed E-state index contributed by atoms with van der Waals surface area (Å²) in [6, 6.07) is 37.4. The Labute approximate surface area is 208 Å². The first-order valence-corrected chi connectivity index (χ1v) is 11.8. The van der Waals surface area contributed by atoms with Gasteiger partial charge in [-0.1, -0.05) is 66.7 Å². The molecule has 4 heteroatoms. The van der Waals surface area contributed by atoms with Crippen molar-refractivity contribution in [3.8, 4) is 33.8 Å². The molecule has 0 amide bonds. The van der Waals surface area contributed by atoms with Crippen LogP contribution >= 0.6 is 0 Å². The van der Waals surface area contributed by atoms with Crippen LogP contribution in [-0.4, -0.2) is 11.6 Å². The molecule has 0 radical (unpaired) electrons. The summed E-state index contributed by atoms with van der Waals surface area (Å²) in [5.74, 6) is 0.734. The van der Waals surface area contributed by atoms with Crippen molar-refractivity contribution in [2.45, 2.75) is 0 Å². The number of ether oxygens (including phenoxy) is 1. The van der Waals surface area contributed by atoms with Crippen LogP contribution in [0.4, 0.5) is 17.1 Å². The van der Waals surface area contributed by atoms with E-state index in [1.54, 1.807) is 18.2 Å². The van der Waals surface area contributed by atoms with Gasteiger partial charge in [0.05, 0.1) is 11.4 Å². The average Bonchev–Trinajstić information content (AvgIpc) is 2.94. The molecule has 36 heavy (non-hydrogen) atoms. The molecule has 0 fully saturated rings. The summed E-state index contributed by atoms with van der Waals surface area (Å²) in [7, 11) is 0. The van der Waals surface area contributed by atoms with Crippen molar-refractivity contribution in [2.24, 2.45) is 0 Å². The van der Waals surface area contributed by atoms with Crippen molar-refractivity contribution in [2.75, 3.05) is 4.90 Å². The second-order valence-electron chi connectivity index (χ2n) is 8.88. The first-order valence-electron chi connectivity index (χ1n) is 11.8. The summed E-state index contributed by atoms with van der Waals surface area (Å²) in [4.78, 5) is 27.4. The Morgan fingerprint density at radius 3 is 1.67 bits per heavy atom. The topological polar surface area (TPSA) is 46.6 Å². The fraction of sp³-hybridized carbons (Fsp3) is 0. The van der Waals surface area contributed by atoms with E-state index in [-0.39, 0.29) is 0 Å². The molecule has 0 bridgehead atoms. The molecule has 5 aromatic rings. The van der Waals surface area contributed by atoms with E-state index >= 15 is 0 Å². The Bertz CT molecular complexity index is 1660. The maximum Gasteiger partial charge on any atom is 0.234 e. The molecule has 0 spiro atoms. The van der Waals surface area contributed by atoms with Crippen molar-refractivity contribution in [3.63, 3.8) is 0 Å². The molecule has 1 heterocycles. The number of ketones is 2. The largest absolute Gasteiger partial charge is 0.453 e. The van der Waals surface area contributed by atoms with E-state index in [2.05, 4.69) is 41.3 Å². The number of rotatable bonds is 2. The predicted octanol–water partition coefficient (Wildman–Crippen LogP) is 7.98. The number of anilines is 3. The molecule has 1 aliphatic heterocycles. The van der Waals surface area contributed by atoms with Crippen LogP contribution in [0.1, 0.15) is 20.7 Å². The van der Waals surface area contributed by atoms with Gasteiger partial charge in [0.2, 0.25) is 11.6 Å². The quantitative estimate of drug-likeness (QED) is 0.243. The highest BCUT2D eigenvalue weighted by atomic mass is 16.5. The third kappa shape index (κ3) is 3.01. The average molecular weight is 466 g/mol. The summed E-state index contributed by atoms with van der Waals surface area (Å²) >= 11 is 0. The number of benzene rings is 5. The molecule has 0 saturated carbocycles. The van der Waals surface area contributed by atoms with Gasteiger partial charge in [0.15, 0.2) is 11.5 Å². The van der Waals surface area contributed by atoms with Crippen LogP contribution in [-0.2, 0) is 0 Å². The highest BCUT2D eigenvalue weighted by Crippen LogP contribution is 2.50. The summed E-state index contributed by atoms with van der Waals surface area (Å²) < 4.78 is 6.13. The smallest absolute Gasteiger partial charge is 0.234 e. The van der Waals surface area contributed by atoms with Gasteiger partial charge in [-0.3, -0.25) is 9.59 Å². The molecule has 0 aromatic heterocycles. The van der Waals surface area contributed by atoms with E-state index < -0.39 is 11.6 Å². The standard InChI is InChI=1S/C32H19NO3/c34-31-24-8-2-1-7-23(24)26-19-21(15-18-25(26)32(31)35)20-13-16-22(17-14-20)33-27-9-3-5-11-29(27)36-30-12-6-4-10-28(30)33/h1-19H. The van der Waals surface area contributed by atoms with Gasteiger partial charge in [-0.05, 0) is 70.8 Å². The van der Waals surface area contributed by atoms with Gasteiger partial charge < -0.3 is 9.64 Å². The van der Waals surface area contributed by atoms with Crippen molar-refractivity contribution >= 4 is 28.6 Å². The van der Waals surface area contributed by atoms with Crippen LogP contribution in [0.15, 0.2) is 115 Å². The van der Waals surface area contributed by atoms with Crippen LogP contribution < -0.4 is 9.64 Å². The molecular formula is C32H19NO3. The number of carbonyl (C=O) groups excluding carboxylic acids is 2. The Morgan fingerprint density at radius 2 is 1.00 bits per heavy atom. The van der Waals surface area contributed by atoms with Crippen LogP contribution in [0.2, 0.25) is 0 Å². The van der Waals surface area contributed by atoms with E-state index in [1.807, 2.05) is 60.7 Å². The maximum absolute atomic E-state index is 12.7. The first-order chi connectivity index (χ1) is 17.7. The van der Waals surface area contributed by atoms with Gasteiger partial charge in [-0.25, -0.2) is 0 Å². The SMILES string of the molecule is O=C1C(=O)c2ccc(-c3ccc(N4c5ccccc5Oc5ccccc54)cc3)cc2-c2ccccc21. The van der Waals surface area contributed by atoms with Crippen molar-refractivity contribution < 1.29 is 14.3 Å². The molecular weight excluding hydrogens is 446 g/mol. The Morgan fingerprint density at radius 1 is 0.472 bits per heavy atom. The summed E-state index contributed by atoms with van der Waals surface area (Å²) in [6.45, 7) is 0. The van der Waals surface area contributed by atoms with Crippen molar-refractivity contribution in [1.29, 1.82) is 0 Å². The van der Waals surface area contributed by atoms with Gasteiger partial charge >= 0.3 is 0 Å². The zero-order valence-electron chi connectivity index (χ0n) is 19.1. The molecule has 0 unspecified atom stereocenters. The molecule has 0 saturated heterocycles. The highest BCUT2D eigenvalue weighted by Gasteiger charge is 2.30. The first kappa shape index (κ1) is 20.4. The lowest BCUT2D eigenvalue weighted by atomic mass is 9.82. The second-order valence-corrected chi connectivity index (χ2v) is 8.88. The number of Topliss-reactive ketones (excluding diaryl/α,β-unsaturated/α-hetero) is 2. The Balaban J connectivity index is 1.30. The highest BCUT2D eigenvalue weighted by molar-refractivity contribution is 6.53. The maximum atomic E-state index is 12.7. The number of para-hydroxylation sites is 4. The van der Waals surface area contributed by atoms with E-state index in [0.29, 0.717) is 11.1 Å². The zero-order valence-corrected chi connectivity index (χ0v) is 19.1. The van der Waals surface area contributed by atoms with Gasteiger partial charge in [0.25, 0.3) is 0 Å². The van der Waals surface area contributed by atoms with Crippen LogP contribution in [0.25, 0.3) is 22.3 Å². The van der Waals surface area contributed by atoms with Crippen LogP contribution in [0, 0.1) is 0 Å². The zero-order chi connectivity index (χ0) is 24.2. The lowest BCUT2D eigenvalue weighted by molar-refractivity contribution is 0.0815. The van der Waals surface area contributed by atoms with E-state index in [9.17, 15) is 9.59 Å². The molecule has 4 nitrogen and oxygen atoms in total. The van der Waals surface area contributed by atoms with E-state index in [1.165, 1.54) is 0 Å². The Hall–Kier alpha value is -4.96. The minimum Gasteiger partial charge on any atom is -0.453 e. The lowest BCUT2D eigenvalue weighted by Gasteiger charge is -2.32. The van der Waals surface area contributed by atoms with E-state index in [4.69, 9.17) is 4.74 Å². The van der Waals surface area contributed by atoms with Gasteiger partial charge in [-0.15, -0.1) is 0 Å². The Kier molecular flexibility index (Phi) is 4.42. The summed E-state index contributed by atoms with van der Waals surface area (Å²) in [5.41, 5.74) is 7.52. The number of carbonyl (C=O) groups is 2. The van der Waals surface area contributed by atoms with Crippen molar-refractivity contribution in [3.05, 3.63) is 126 Å². The summed E-state index contributed by atoms with van der Waals surface area (Å²) in [5, 5.41) is 0. The number of nitrogens with zero attached hydrogens (tertiary/aromatic N) is 1. The van der Waals surface area contributed by atoms with Gasteiger partial charge in [-0.2, -0.15) is 0 Å². The molecule has 7 rings (SSSR count). The fourth-order valence-corrected chi connectivity index (χ4v) is 5.09. The molecule has 1 aliphatic carbocycles. The molecule has 2 aliphatic rings. The minimum absolute atomic E-state index is 0.443. The minimum atomic E-state index is -0.449. The number of hydrogen-bond donors (Lipinski definition) is 0.